The summed E-state index contributed by atoms with van der Waals surface area (Å²) in [7, 11) is 1.55. The molecule has 0 aliphatic rings. The topological polar surface area (TPSA) is 81.7 Å². The molecule has 0 fully saturated rings. The molecule has 0 atom stereocenters. The van der Waals surface area contributed by atoms with Crippen molar-refractivity contribution in [3.8, 4) is 5.75 Å². The van der Waals surface area contributed by atoms with Crippen molar-refractivity contribution in [2.45, 2.75) is 19.8 Å². The normalized spacial score (nSPS) is 10.1. The Morgan fingerprint density at radius 1 is 0.962 bits per heavy atom. The molecule has 1 N–H and O–H groups in total. The fourth-order valence-corrected chi connectivity index (χ4v) is 2.31. The summed E-state index contributed by atoms with van der Waals surface area (Å²) in [6.07, 6.45) is 0.143. The number of carbonyl (C=O) groups is 3. The third-order valence-electron chi connectivity index (χ3n) is 3.65. The lowest BCUT2D eigenvalue weighted by molar-refractivity contribution is -0.116. The van der Waals surface area contributed by atoms with Gasteiger partial charge < -0.3 is 14.8 Å². The number of anilines is 1. The number of esters is 1. The van der Waals surface area contributed by atoms with Gasteiger partial charge in [-0.15, -0.1) is 0 Å². The fraction of sp³-hybridized carbons (Fsp3) is 0.250. The van der Waals surface area contributed by atoms with Crippen molar-refractivity contribution < 1.29 is 23.9 Å². The zero-order valence-corrected chi connectivity index (χ0v) is 14.8. The van der Waals surface area contributed by atoms with E-state index < -0.39 is 5.97 Å². The molecule has 2 aromatic rings. The number of hydrogen-bond acceptors (Lipinski definition) is 5. The Labute approximate surface area is 152 Å². The van der Waals surface area contributed by atoms with Crippen LogP contribution in [0.3, 0.4) is 0 Å². The molecular formula is C20H21NO5. The van der Waals surface area contributed by atoms with Crippen molar-refractivity contribution in [3.05, 3.63) is 59.7 Å². The molecule has 0 unspecified atom stereocenters. The van der Waals surface area contributed by atoms with Gasteiger partial charge in [-0.3, -0.25) is 9.59 Å². The number of amides is 1. The summed E-state index contributed by atoms with van der Waals surface area (Å²) >= 11 is 0. The van der Waals surface area contributed by atoms with Gasteiger partial charge in [-0.2, -0.15) is 0 Å². The van der Waals surface area contributed by atoms with E-state index in [0.717, 1.165) is 0 Å². The maximum atomic E-state index is 12.1. The van der Waals surface area contributed by atoms with E-state index in [1.165, 1.54) is 0 Å². The third-order valence-corrected chi connectivity index (χ3v) is 3.65. The van der Waals surface area contributed by atoms with E-state index in [-0.39, 0.29) is 31.1 Å². The van der Waals surface area contributed by atoms with Crippen molar-refractivity contribution in [1.82, 2.24) is 0 Å². The van der Waals surface area contributed by atoms with E-state index in [4.69, 9.17) is 9.47 Å². The number of ketones is 1. The molecule has 6 nitrogen and oxygen atoms in total. The van der Waals surface area contributed by atoms with E-state index in [0.29, 0.717) is 22.6 Å². The van der Waals surface area contributed by atoms with Crippen molar-refractivity contribution in [1.29, 1.82) is 0 Å². The van der Waals surface area contributed by atoms with Gasteiger partial charge in [0.1, 0.15) is 5.75 Å². The van der Waals surface area contributed by atoms with Crippen LogP contribution >= 0.6 is 0 Å². The Kier molecular flexibility index (Phi) is 6.91. The first-order chi connectivity index (χ1) is 12.5. The van der Waals surface area contributed by atoms with Crippen LogP contribution in [0.4, 0.5) is 5.69 Å². The molecule has 0 radical (unpaired) electrons. The summed E-state index contributed by atoms with van der Waals surface area (Å²) in [4.78, 5) is 35.9. The second kappa shape index (κ2) is 9.36. The highest BCUT2D eigenvalue weighted by Crippen LogP contribution is 2.15. The van der Waals surface area contributed by atoms with Crippen LogP contribution < -0.4 is 10.1 Å². The van der Waals surface area contributed by atoms with Gasteiger partial charge in [-0.1, -0.05) is 6.07 Å². The Bertz CT molecular complexity index is 783. The predicted octanol–water partition coefficient (Wildman–Crippen LogP) is 3.47. The van der Waals surface area contributed by atoms with Crippen LogP contribution in [0, 0.1) is 0 Å². The molecule has 136 valence electrons. The number of rotatable bonds is 8. The molecular weight excluding hydrogens is 334 g/mol. The number of benzene rings is 2. The Morgan fingerprint density at radius 3 is 2.35 bits per heavy atom. The van der Waals surface area contributed by atoms with Gasteiger partial charge in [0.2, 0.25) is 5.91 Å². The number of ether oxygens (including phenoxy) is 2. The number of hydrogen-bond donors (Lipinski definition) is 1. The van der Waals surface area contributed by atoms with Crippen LogP contribution in [0.1, 0.15) is 40.5 Å². The minimum absolute atomic E-state index is 0.0501. The monoisotopic (exact) mass is 355 g/mol. The maximum absolute atomic E-state index is 12.1. The summed E-state index contributed by atoms with van der Waals surface area (Å²) < 4.78 is 9.97. The molecule has 0 aromatic heterocycles. The fourth-order valence-electron chi connectivity index (χ4n) is 2.31. The zero-order valence-electron chi connectivity index (χ0n) is 14.8. The number of Topliss-reactive ketones (excluding diaryl/α,β-unsaturated/α-hetero) is 1. The lowest BCUT2D eigenvalue weighted by atomic mass is 10.1. The van der Waals surface area contributed by atoms with Crippen LogP contribution in [0.5, 0.6) is 5.75 Å². The molecule has 0 aliphatic heterocycles. The number of carbonyl (C=O) groups excluding carboxylic acids is 3. The lowest BCUT2D eigenvalue weighted by Gasteiger charge is -2.07. The molecule has 0 saturated heterocycles. The molecule has 26 heavy (non-hydrogen) atoms. The van der Waals surface area contributed by atoms with Gasteiger partial charge in [0.05, 0.1) is 19.3 Å². The van der Waals surface area contributed by atoms with Crippen LogP contribution in [0.15, 0.2) is 48.5 Å². The van der Waals surface area contributed by atoms with E-state index in [1.54, 1.807) is 62.6 Å². The summed E-state index contributed by atoms with van der Waals surface area (Å²) in [5.41, 5.74) is 1.37. The smallest absolute Gasteiger partial charge is 0.338 e. The van der Waals surface area contributed by atoms with Gasteiger partial charge in [0.25, 0.3) is 0 Å². The summed E-state index contributed by atoms with van der Waals surface area (Å²) in [6.45, 7) is 2.01. The quantitative estimate of drug-likeness (QED) is 0.579. The number of nitrogens with one attached hydrogen (secondary N) is 1. The van der Waals surface area contributed by atoms with Crippen LogP contribution in [0.25, 0.3) is 0 Å². The SMILES string of the molecule is CCOC(=O)c1cccc(NC(=O)CCC(=O)c2ccc(OC)cc2)c1. The molecule has 0 saturated carbocycles. The average molecular weight is 355 g/mol. The standard InChI is InChI=1S/C20H21NO5/c1-3-26-20(24)15-5-4-6-16(13-15)21-19(23)12-11-18(22)14-7-9-17(25-2)10-8-14/h4-10,13H,3,11-12H2,1-2H3,(H,21,23). The summed E-state index contributed by atoms with van der Waals surface area (Å²) in [5, 5.41) is 2.69. The zero-order chi connectivity index (χ0) is 18.9. The molecule has 6 heteroatoms. The van der Waals surface area contributed by atoms with Crippen LogP contribution in [0.2, 0.25) is 0 Å². The Balaban J connectivity index is 1.89. The molecule has 0 heterocycles. The maximum Gasteiger partial charge on any atom is 0.338 e. The van der Waals surface area contributed by atoms with E-state index in [9.17, 15) is 14.4 Å². The van der Waals surface area contributed by atoms with Crippen molar-refractivity contribution in [2.75, 3.05) is 19.0 Å². The summed E-state index contributed by atoms with van der Waals surface area (Å²) in [5.74, 6) is -0.199. The van der Waals surface area contributed by atoms with Crippen molar-refractivity contribution in [3.63, 3.8) is 0 Å². The number of methoxy groups -OCH3 is 1. The minimum atomic E-state index is -0.446. The largest absolute Gasteiger partial charge is 0.497 e. The van der Waals surface area contributed by atoms with Crippen molar-refractivity contribution in [2.24, 2.45) is 0 Å². The Morgan fingerprint density at radius 2 is 1.69 bits per heavy atom. The summed E-state index contributed by atoms with van der Waals surface area (Å²) in [6, 6.07) is 13.2. The first-order valence-corrected chi connectivity index (χ1v) is 8.27. The highest BCUT2D eigenvalue weighted by molar-refractivity contribution is 6.00. The van der Waals surface area contributed by atoms with Gasteiger partial charge in [0.15, 0.2) is 5.78 Å². The second-order valence-electron chi connectivity index (χ2n) is 5.50. The van der Waals surface area contributed by atoms with Gasteiger partial charge in [0, 0.05) is 24.1 Å². The lowest BCUT2D eigenvalue weighted by Crippen LogP contribution is -2.14. The molecule has 2 aromatic carbocycles. The molecule has 0 aliphatic carbocycles. The van der Waals surface area contributed by atoms with E-state index in [2.05, 4.69) is 5.32 Å². The second-order valence-corrected chi connectivity index (χ2v) is 5.50. The first-order valence-electron chi connectivity index (χ1n) is 8.27. The van der Waals surface area contributed by atoms with Gasteiger partial charge >= 0.3 is 5.97 Å². The molecule has 1 amide bonds. The molecule has 2 rings (SSSR count). The first kappa shape index (κ1) is 19.2. The van der Waals surface area contributed by atoms with Crippen LogP contribution in [-0.4, -0.2) is 31.4 Å². The highest BCUT2D eigenvalue weighted by Gasteiger charge is 2.11. The van der Waals surface area contributed by atoms with Gasteiger partial charge in [-0.25, -0.2) is 4.79 Å². The average Bonchev–Trinajstić information content (AvgIpc) is 2.66. The van der Waals surface area contributed by atoms with E-state index in [1.807, 2.05) is 0 Å². The predicted molar refractivity (Wildman–Crippen MR) is 97.6 cm³/mol. The van der Waals surface area contributed by atoms with Crippen LogP contribution in [-0.2, 0) is 9.53 Å². The molecule has 0 spiro atoms. The Hall–Kier alpha value is -3.15. The third kappa shape index (κ3) is 5.44. The minimum Gasteiger partial charge on any atom is -0.497 e. The highest BCUT2D eigenvalue weighted by atomic mass is 16.5. The van der Waals surface area contributed by atoms with Crippen molar-refractivity contribution >= 4 is 23.3 Å². The van der Waals surface area contributed by atoms with Gasteiger partial charge in [-0.05, 0) is 49.4 Å². The van der Waals surface area contributed by atoms with E-state index >= 15 is 0 Å². The molecule has 0 bridgehead atoms.